The summed E-state index contributed by atoms with van der Waals surface area (Å²) in [6.07, 6.45) is 3.01. The van der Waals surface area contributed by atoms with Gasteiger partial charge in [-0.3, -0.25) is 14.5 Å². The standard InChI is InChI=1S/C22H27N5O5/c1-2-32-22(31)26-9-7-15(8-10-26)24-19(28)13-27-20(29)18(25-21(27)30)11-14-12-23-17-6-4-3-5-16(14)17/h3-6,12,15,18,23H,2,7-11,13H2,1H3,(H,24,28)(H,25,30)/t18-/m0/s1. The number of H-pyrrole nitrogens is 1. The Labute approximate surface area is 185 Å². The molecule has 1 atom stereocenters. The van der Waals surface area contributed by atoms with Crippen molar-refractivity contribution in [3.8, 4) is 0 Å². The van der Waals surface area contributed by atoms with Crippen LogP contribution in [0.2, 0.25) is 0 Å². The van der Waals surface area contributed by atoms with Crippen molar-refractivity contribution in [2.75, 3.05) is 26.2 Å². The SMILES string of the molecule is CCOC(=O)N1CCC(NC(=O)CN2C(=O)N[C@@H](Cc3c[nH]c4ccccc34)C2=O)CC1. The third-order valence-electron chi connectivity index (χ3n) is 5.89. The monoisotopic (exact) mass is 441 g/mol. The lowest BCUT2D eigenvalue weighted by atomic mass is 10.0. The average Bonchev–Trinajstić information content (AvgIpc) is 3.31. The van der Waals surface area contributed by atoms with E-state index >= 15 is 0 Å². The van der Waals surface area contributed by atoms with Gasteiger partial charge < -0.3 is 25.3 Å². The molecule has 2 aromatic rings. The molecule has 5 amide bonds. The number of piperidine rings is 1. The molecule has 10 nitrogen and oxygen atoms in total. The van der Waals surface area contributed by atoms with Crippen molar-refractivity contribution in [2.45, 2.75) is 38.3 Å². The van der Waals surface area contributed by atoms with Gasteiger partial charge in [-0.05, 0) is 31.4 Å². The second-order valence-electron chi connectivity index (χ2n) is 8.02. The molecule has 0 unspecified atom stereocenters. The number of ether oxygens (including phenoxy) is 1. The van der Waals surface area contributed by atoms with Gasteiger partial charge in [0.05, 0.1) is 6.61 Å². The van der Waals surface area contributed by atoms with E-state index in [-0.39, 0.29) is 18.7 Å². The molecule has 2 saturated heterocycles. The minimum Gasteiger partial charge on any atom is -0.450 e. The molecule has 170 valence electrons. The fraction of sp³-hybridized carbons (Fsp3) is 0.455. The van der Waals surface area contributed by atoms with Crippen molar-refractivity contribution in [2.24, 2.45) is 0 Å². The minimum atomic E-state index is -0.706. The normalized spacial score (nSPS) is 19.3. The zero-order valence-electron chi connectivity index (χ0n) is 17.9. The number of fused-ring (bicyclic) bond motifs is 1. The van der Waals surface area contributed by atoms with Gasteiger partial charge in [0.15, 0.2) is 0 Å². The summed E-state index contributed by atoms with van der Waals surface area (Å²) in [6, 6.07) is 6.36. The maximum atomic E-state index is 12.8. The molecule has 32 heavy (non-hydrogen) atoms. The van der Waals surface area contributed by atoms with Gasteiger partial charge in [-0.2, -0.15) is 0 Å². The number of benzene rings is 1. The fourth-order valence-electron chi connectivity index (χ4n) is 4.22. The summed E-state index contributed by atoms with van der Waals surface area (Å²) in [6.45, 7) is 2.72. The summed E-state index contributed by atoms with van der Waals surface area (Å²) in [5.41, 5.74) is 1.89. The van der Waals surface area contributed by atoms with Crippen molar-refractivity contribution in [1.82, 2.24) is 25.4 Å². The quantitative estimate of drug-likeness (QED) is 0.584. The van der Waals surface area contributed by atoms with Crippen molar-refractivity contribution >= 4 is 34.8 Å². The number of carbonyl (C=O) groups is 4. The van der Waals surface area contributed by atoms with Crippen LogP contribution in [0, 0.1) is 0 Å². The van der Waals surface area contributed by atoms with E-state index < -0.39 is 23.9 Å². The Morgan fingerprint density at radius 3 is 2.69 bits per heavy atom. The van der Waals surface area contributed by atoms with Crippen LogP contribution in [0.1, 0.15) is 25.3 Å². The lowest BCUT2D eigenvalue weighted by Gasteiger charge is -2.31. The first-order chi connectivity index (χ1) is 15.5. The Morgan fingerprint density at radius 1 is 1.19 bits per heavy atom. The van der Waals surface area contributed by atoms with Crippen LogP contribution in [0.15, 0.2) is 30.5 Å². The topological polar surface area (TPSA) is 124 Å². The van der Waals surface area contributed by atoms with Gasteiger partial charge in [0.1, 0.15) is 12.6 Å². The Kier molecular flexibility index (Phi) is 6.29. The highest BCUT2D eigenvalue weighted by atomic mass is 16.6. The van der Waals surface area contributed by atoms with Crippen LogP contribution in [0.4, 0.5) is 9.59 Å². The fourth-order valence-corrected chi connectivity index (χ4v) is 4.22. The largest absolute Gasteiger partial charge is 0.450 e. The summed E-state index contributed by atoms with van der Waals surface area (Å²) >= 11 is 0. The van der Waals surface area contributed by atoms with E-state index in [1.165, 1.54) is 0 Å². The van der Waals surface area contributed by atoms with Gasteiger partial charge in [-0.1, -0.05) is 18.2 Å². The second-order valence-corrected chi connectivity index (χ2v) is 8.02. The van der Waals surface area contributed by atoms with E-state index in [2.05, 4.69) is 15.6 Å². The zero-order valence-corrected chi connectivity index (χ0v) is 17.9. The lowest BCUT2D eigenvalue weighted by Crippen LogP contribution is -2.49. The minimum absolute atomic E-state index is 0.115. The molecular weight excluding hydrogens is 414 g/mol. The first-order valence-corrected chi connectivity index (χ1v) is 10.8. The maximum absolute atomic E-state index is 12.8. The van der Waals surface area contributed by atoms with Gasteiger partial charge >= 0.3 is 12.1 Å². The summed E-state index contributed by atoms with van der Waals surface area (Å²) in [5, 5.41) is 6.55. The molecule has 2 aliphatic heterocycles. The predicted octanol–water partition coefficient (Wildman–Crippen LogP) is 1.37. The third kappa shape index (κ3) is 4.53. The number of hydrogen-bond donors (Lipinski definition) is 3. The van der Waals surface area contributed by atoms with E-state index in [9.17, 15) is 19.2 Å². The van der Waals surface area contributed by atoms with Crippen molar-refractivity contribution in [3.05, 3.63) is 36.0 Å². The highest BCUT2D eigenvalue weighted by Gasteiger charge is 2.39. The molecule has 0 bridgehead atoms. The number of para-hydroxylation sites is 1. The summed E-state index contributed by atoms with van der Waals surface area (Å²) in [7, 11) is 0. The van der Waals surface area contributed by atoms with Gasteiger partial charge in [0, 0.05) is 42.7 Å². The molecule has 3 heterocycles. The van der Waals surface area contributed by atoms with Crippen LogP contribution in [-0.2, 0) is 20.7 Å². The molecule has 1 aromatic heterocycles. The number of carbonyl (C=O) groups excluding carboxylic acids is 4. The number of aromatic nitrogens is 1. The Hall–Kier alpha value is -3.56. The van der Waals surface area contributed by atoms with Crippen LogP contribution in [0.5, 0.6) is 0 Å². The van der Waals surface area contributed by atoms with E-state index in [4.69, 9.17) is 4.74 Å². The van der Waals surface area contributed by atoms with Gasteiger partial charge in [-0.25, -0.2) is 9.59 Å². The smallest absolute Gasteiger partial charge is 0.409 e. The molecule has 0 radical (unpaired) electrons. The Morgan fingerprint density at radius 2 is 1.94 bits per heavy atom. The van der Waals surface area contributed by atoms with Gasteiger partial charge in [-0.15, -0.1) is 0 Å². The van der Waals surface area contributed by atoms with Gasteiger partial charge in [0.25, 0.3) is 5.91 Å². The van der Waals surface area contributed by atoms with E-state index in [0.717, 1.165) is 21.4 Å². The van der Waals surface area contributed by atoms with Crippen LogP contribution in [-0.4, -0.2) is 77.0 Å². The molecule has 0 spiro atoms. The second kappa shape index (κ2) is 9.29. The molecule has 2 fully saturated rings. The molecule has 0 aliphatic carbocycles. The first kappa shape index (κ1) is 21.7. The predicted molar refractivity (Wildman–Crippen MR) is 116 cm³/mol. The van der Waals surface area contributed by atoms with Crippen LogP contribution in [0.3, 0.4) is 0 Å². The van der Waals surface area contributed by atoms with E-state index in [1.807, 2.05) is 30.5 Å². The van der Waals surface area contributed by atoms with Crippen molar-refractivity contribution in [1.29, 1.82) is 0 Å². The number of nitrogens with one attached hydrogen (secondary N) is 3. The highest BCUT2D eigenvalue weighted by Crippen LogP contribution is 2.21. The number of hydrogen-bond acceptors (Lipinski definition) is 5. The summed E-state index contributed by atoms with van der Waals surface area (Å²) in [4.78, 5) is 55.1. The van der Waals surface area contributed by atoms with E-state index in [0.29, 0.717) is 39.0 Å². The summed E-state index contributed by atoms with van der Waals surface area (Å²) < 4.78 is 4.99. The lowest BCUT2D eigenvalue weighted by molar-refractivity contribution is -0.132. The van der Waals surface area contributed by atoms with E-state index in [1.54, 1.807) is 11.8 Å². The average molecular weight is 441 g/mol. The van der Waals surface area contributed by atoms with Crippen molar-refractivity contribution in [3.63, 3.8) is 0 Å². The third-order valence-corrected chi connectivity index (χ3v) is 5.89. The molecule has 3 N–H and O–H groups in total. The molecular formula is C22H27N5O5. The first-order valence-electron chi connectivity index (χ1n) is 10.8. The number of imide groups is 1. The molecule has 10 heteroatoms. The van der Waals surface area contributed by atoms with Gasteiger partial charge in [0.2, 0.25) is 5.91 Å². The zero-order chi connectivity index (χ0) is 22.7. The number of nitrogens with zero attached hydrogens (tertiary/aromatic N) is 2. The number of rotatable bonds is 6. The highest BCUT2D eigenvalue weighted by molar-refractivity contribution is 6.06. The number of urea groups is 1. The van der Waals surface area contributed by atoms with Crippen LogP contribution in [0.25, 0.3) is 10.9 Å². The Bertz CT molecular complexity index is 1030. The molecule has 2 aliphatic rings. The molecule has 1 aromatic carbocycles. The number of aromatic amines is 1. The number of amides is 5. The molecule has 0 saturated carbocycles. The van der Waals surface area contributed by atoms with Crippen LogP contribution >= 0.6 is 0 Å². The number of likely N-dealkylation sites (tertiary alicyclic amines) is 1. The summed E-state index contributed by atoms with van der Waals surface area (Å²) in [5.74, 6) is -0.802. The van der Waals surface area contributed by atoms with Crippen molar-refractivity contribution < 1.29 is 23.9 Å². The van der Waals surface area contributed by atoms with Crippen LogP contribution < -0.4 is 10.6 Å². The maximum Gasteiger partial charge on any atom is 0.409 e. The molecule has 4 rings (SSSR count). The Balaban J connectivity index is 1.29.